The zero-order valence-electron chi connectivity index (χ0n) is 10.8. The quantitative estimate of drug-likeness (QED) is 0.879. The predicted octanol–water partition coefficient (Wildman–Crippen LogP) is 2.71. The molecule has 1 aromatic rings. The minimum Gasteiger partial charge on any atom is -0.481 e. The van der Waals surface area contributed by atoms with Crippen LogP contribution in [0.25, 0.3) is 0 Å². The fourth-order valence-electron chi connectivity index (χ4n) is 2.42. The Morgan fingerprint density at radius 3 is 2.94 bits per heavy atom. The van der Waals surface area contributed by atoms with E-state index in [9.17, 15) is 4.79 Å². The molecule has 0 spiro atoms. The molecule has 2 unspecified atom stereocenters. The number of nitrogens with one attached hydrogen (secondary N) is 1. The zero-order valence-corrected chi connectivity index (χ0v) is 11.6. The average Bonchev–Trinajstić information content (AvgIpc) is 2.39. The first-order chi connectivity index (χ1) is 8.63. The molecule has 0 amide bonds. The van der Waals surface area contributed by atoms with Crippen molar-refractivity contribution in [2.75, 3.05) is 12.8 Å². The summed E-state index contributed by atoms with van der Waals surface area (Å²) in [5.74, 6) is -0.00130. The molecule has 0 radical (unpaired) electrons. The molecular weight excluding hydrogens is 246 g/mol. The first kappa shape index (κ1) is 13.4. The molecule has 4 heteroatoms. The van der Waals surface area contributed by atoms with E-state index in [1.54, 1.807) is 6.92 Å². The Bertz CT molecular complexity index is 447. The molecule has 2 atom stereocenters. The number of thioether (sulfide) groups is 1. The van der Waals surface area contributed by atoms with Crippen molar-refractivity contribution in [1.29, 1.82) is 0 Å². The number of carbonyl (C=O) groups is 1. The fourth-order valence-corrected chi connectivity index (χ4v) is 3.44. The standard InChI is InChI=1S/C14H19NO2S/c1-9(14(16)17)13(15-2)11-5-6-12-10(8-11)4-3-7-18-12/h5-6,8-9,13,15H,3-4,7H2,1-2H3,(H,16,17). The number of hydrogen-bond acceptors (Lipinski definition) is 3. The Balaban J connectivity index is 2.28. The molecule has 1 aliphatic rings. The highest BCUT2D eigenvalue weighted by Crippen LogP contribution is 2.33. The first-order valence-corrected chi connectivity index (χ1v) is 7.27. The topological polar surface area (TPSA) is 49.3 Å². The Morgan fingerprint density at radius 2 is 2.28 bits per heavy atom. The van der Waals surface area contributed by atoms with Crippen LogP contribution in [0, 0.1) is 5.92 Å². The summed E-state index contributed by atoms with van der Waals surface area (Å²) in [5.41, 5.74) is 2.44. The van der Waals surface area contributed by atoms with Gasteiger partial charge in [-0.15, -0.1) is 11.8 Å². The molecule has 1 heterocycles. The smallest absolute Gasteiger partial charge is 0.308 e. The van der Waals surface area contributed by atoms with Gasteiger partial charge in [-0.2, -0.15) is 0 Å². The number of carboxylic acid groups (broad SMARTS) is 1. The number of aryl methyl sites for hydroxylation is 1. The van der Waals surface area contributed by atoms with Crippen LogP contribution in [0.15, 0.2) is 23.1 Å². The number of carboxylic acids is 1. The van der Waals surface area contributed by atoms with Crippen molar-refractivity contribution in [1.82, 2.24) is 5.32 Å². The maximum Gasteiger partial charge on any atom is 0.308 e. The largest absolute Gasteiger partial charge is 0.481 e. The van der Waals surface area contributed by atoms with Crippen LogP contribution < -0.4 is 5.32 Å². The van der Waals surface area contributed by atoms with E-state index in [1.165, 1.54) is 22.6 Å². The van der Waals surface area contributed by atoms with E-state index in [0.717, 1.165) is 12.0 Å². The molecule has 1 aromatic carbocycles. The van der Waals surface area contributed by atoms with Gasteiger partial charge in [0, 0.05) is 10.9 Å². The molecule has 3 nitrogen and oxygen atoms in total. The van der Waals surface area contributed by atoms with Crippen LogP contribution >= 0.6 is 11.8 Å². The van der Waals surface area contributed by atoms with E-state index in [1.807, 2.05) is 18.8 Å². The van der Waals surface area contributed by atoms with Gasteiger partial charge < -0.3 is 10.4 Å². The summed E-state index contributed by atoms with van der Waals surface area (Å²) in [5, 5.41) is 12.3. The molecule has 0 fully saturated rings. The number of rotatable bonds is 4. The Morgan fingerprint density at radius 1 is 1.50 bits per heavy atom. The van der Waals surface area contributed by atoms with Crippen LogP contribution in [0.3, 0.4) is 0 Å². The molecule has 0 bridgehead atoms. The third kappa shape index (κ3) is 2.70. The van der Waals surface area contributed by atoms with Crippen molar-refractivity contribution in [2.45, 2.75) is 30.7 Å². The van der Waals surface area contributed by atoms with Crippen molar-refractivity contribution in [2.24, 2.45) is 5.92 Å². The summed E-state index contributed by atoms with van der Waals surface area (Å²) in [6.07, 6.45) is 2.31. The SMILES string of the molecule is CNC(c1ccc2c(c1)CCCS2)C(C)C(=O)O. The molecule has 18 heavy (non-hydrogen) atoms. The summed E-state index contributed by atoms with van der Waals surface area (Å²) in [4.78, 5) is 12.5. The minimum absolute atomic E-state index is 0.125. The van der Waals surface area contributed by atoms with Gasteiger partial charge in [0.1, 0.15) is 0 Å². The molecule has 0 saturated heterocycles. The van der Waals surface area contributed by atoms with E-state index >= 15 is 0 Å². The van der Waals surface area contributed by atoms with Gasteiger partial charge in [-0.1, -0.05) is 19.1 Å². The van der Waals surface area contributed by atoms with Crippen LogP contribution in [-0.2, 0) is 11.2 Å². The summed E-state index contributed by atoms with van der Waals surface area (Å²) >= 11 is 1.89. The van der Waals surface area contributed by atoms with Gasteiger partial charge in [0.25, 0.3) is 0 Å². The number of benzene rings is 1. The third-order valence-electron chi connectivity index (χ3n) is 3.49. The molecule has 2 rings (SSSR count). The Labute approximate surface area is 112 Å². The van der Waals surface area contributed by atoms with Crippen molar-refractivity contribution in [3.63, 3.8) is 0 Å². The highest BCUT2D eigenvalue weighted by Gasteiger charge is 2.24. The second kappa shape index (κ2) is 5.76. The van der Waals surface area contributed by atoms with Crippen molar-refractivity contribution in [3.05, 3.63) is 29.3 Å². The lowest BCUT2D eigenvalue weighted by molar-refractivity contribution is -0.142. The summed E-state index contributed by atoms with van der Waals surface area (Å²) in [6.45, 7) is 1.75. The number of hydrogen-bond donors (Lipinski definition) is 2. The van der Waals surface area contributed by atoms with Crippen molar-refractivity contribution < 1.29 is 9.90 Å². The van der Waals surface area contributed by atoms with Crippen LogP contribution in [0.2, 0.25) is 0 Å². The van der Waals surface area contributed by atoms with E-state index in [4.69, 9.17) is 5.11 Å². The molecule has 0 saturated carbocycles. The molecule has 2 N–H and O–H groups in total. The number of aliphatic carboxylic acids is 1. The van der Waals surface area contributed by atoms with Crippen LogP contribution in [0.5, 0.6) is 0 Å². The van der Waals surface area contributed by atoms with Crippen LogP contribution in [0.1, 0.15) is 30.5 Å². The van der Waals surface area contributed by atoms with Gasteiger partial charge in [-0.25, -0.2) is 0 Å². The normalized spacial score (nSPS) is 17.9. The monoisotopic (exact) mass is 265 g/mol. The Kier molecular flexibility index (Phi) is 4.30. The lowest BCUT2D eigenvalue weighted by Gasteiger charge is -2.23. The van der Waals surface area contributed by atoms with E-state index in [0.29, 0.717) is 0 Å². The average molecular weight is 265 g/mol. The van der Waals surface area contributed by atoms with Gasteiger partial charge in [-0.3, -0.25) is 4.79 Å². The van der Waals surface area contributed by atoms with Gasteiger partial charge in [0.2, 0.25) is 0 Å². The van der Waals surface area contributed by atoms with Gasteiger partial charge >= 0.3 is 5.97 Å². The second-order valence-electron chi connectivity index (χ2n) is 4.71. The molecule has 98 valence electrons. The zero-order chi connectivity index (χ0) is 13.1. The Hall–Kier alpha value is -1.00. The summed E-state index contributed by atoms with van der Waals surface area (Å²) in [6, 6.07) is 6.23. The lowest BCUT2D eigenvalue weighted by atomic mass is 9.93. The summed E-state index contributed by atoms with van der Waals surface area (Å²) < 4.78 is 0. The lowest BCUT2D eigenvalue weighted by Crippen LogP contribution is -2.28. The molecule has 0 aliphatic carbocycles. The highest BCUT2D eigenvalue weighted by molar-refractivity contribution is 7.99. The van der Waals surface area contributed by atoms with Gasteiger partial charge in [0.15, 0.2) is 0 Å². The molecule has 1 aliphatic heterocycles. The number of fused-ring (bicyclic) bond motifs is 1. The maximum absolute atomic E-state index is 11.1. The first-order valence-electron chi connectivity index (χ1n) is 6.29. The maximum atomic E-state index is 11.1. The summed E-state index contributed by atoms with van der Waals surface area (Å²) in [7, 11) is 1.82. The third-order valence-corrected chi connectivity index (χ3v) is 4.69. The fraction of sp³-hybridized carbons (Fsp3) is 0.500. The van der Waals surface area contributed by atoms with E-state index in [2.05, 4.69) is 23.5 Å². The van der Waals surface area contributed by atoms with Crippen molar-refractivity contribution >= 4 is 17.7 Å². The van der Waals surface area contributed by atoms with Crippen LogP contribution in [-0.4, -0.2) is 23.9 Å². The van der Waals surface area contributed by atoms with Crippen LogP contribution in [0.4, 0.5) is 0 Å². The van der Waals surface area contributed by atoms with E-state index < -0.39 is 11.9 Å². The minimum atomic E-state index is -0.763. The molecular formula is C14H19NO2S. The van der Waals surface area contributed by atoms with E-state index in [-0.39, 0.29) is 6.04 Å². The van der Waals surface area contributed by atoms with Crippen molar-refractivity contribution in [3.8, 4) is 0 Å². The van der Waals surface area contributed by atoms with Gasteiger partial charge in [0.05, 0.1) is 5.92 Å². The van der Waals surface area contributed by atoms with Gasteiger partial charge in [-0.05, 0) is 42.8 Å². The molecule has 0 aromatic heterocycles. The highest BCUT2D eigenvalue weighted by atomic mass is 32.2. The second-order valence-corrected chi connectivity index (χ2v) is 5.85. The predicted molar refractivity (Wildman–Crippen MR) is 74.1 cm³/mol.